The van der Waals surface area contributed by atoms with Crippen LogP contribution in [0.25, 0.3) is 0 Å². The van der Waals surface area contributed by atoms with Crippen LogP contribution in [0.15, 0.2) is 12.7 Å². The third kappa shape index (κ3) is 7.92. The molecule has 3 heterocycles. The first-order chi connectivity index (χ1) is 29.4. The molecule has 5 amide bonds. The van der Waals surface area contributed by atoms with Gasteiger partial charge in [0.25, 0.3) is 5.91 Å². The lowest BCUT2D eigenvalue weighted by molar-refractivity contribution is -0.147. The van der Waals surface area contributed by atoms with E-state index in [0.29, 0.717) is 39.0 Å². The van der Waals surface area contributed by atoms with Crippen LogP contribution in [-0.2, 0) is 38.9 Å². The molecule has 0 aromatic carbocycles. The van der Waals surface area contributed by atoms with Gasteiger partial charge in [0, 0.05) is 49.6 Å². The molecule has 0 unspecified atom stereocenters. The summed E-state index contributed by atoms with van der Waals surface area (Å²) in [4.78, 5) is 77.5. The van der Waals surface area contributed by atoms with Gasteiger partial charge in [-0.1, -0.05) is 79.7 Å². The van der Waals surface area contributed by atoms with Crippen molar-refractivity contribution in [2.45, 2.75) is 168 Å². The lowest BCUT2D eigenvalue weighted by atomic mass is 9.73. The summed E-state index contributed by atoms with van der Waals surface area (Å²) in [6.07, 6.45) is 13.5. The molecule has 3 saturated heterocycles. The Kier molecular flexibility index (Phi) is 13.4. The molecule has 7 rings (SSSR count). The van der Waals surface area contributed by atoms with Gasteiger partial charge in [0.1, 0.15) is 23.7 Å². The number of likely N-dealkylation sites (N-methyl/N-ethyl adjacent to an activating group) is 1. The van der Waals surface area contributed by atoms with Gasteiger partial charge in [-0.3, -0.25) is 28.9 Å². The number of piperidine rings is 1. The molecule has 4 aliphatic carbocycles. The van der Waals surface area contributed by atoms with E-state index >= 15 is 4.79 Å². The van der Waals surface area contributed by atoms with Crippen LogP contribution in [0.3, 0.4) is 0 Å². The highest BCUT2D eigenvalue weighted by atomic mass is 32.2. The van der Waals surface area contributed by atoms with E-state index in [1.54, 1.807) is 24.8 Å². The fraction of sp³-hybridized carbons (Fsp3) is 0.848. The van der Waals surface area contributed by atoms with Crippen LogP contribution < -0.4 is 20.7 Å². The second-order valence-electron chi connectivity index (χ2n) is 20.6. The van der Waals surface area contributed by atoms with Gasteiger partial charge in [-0.15, -0.1) is 6.58 Å². The third-order valence-corrected chi connectivity index (χ3v) is 19.2. The van der Waals surface area contributed by atoms with E-state index in [1.165, 1.54) is 0 Å². The van der Waals surface area contributed by atoms with Crippen LogP contribution in [-0.4, -0.2) is 128 Å². The van der Waals surface area contributed by atoms with Crippen LogP contribution in [0.2, 0.25) is 0 Å². The molecule has 7 atom stereocenters. The zero-order chi connectivity index (χ0) is 44.9. The van der Waals surface area contributed by atoms with Gasteiger partial charge in [0.05, 0.1) is 6.04 Å². The molecule has 7 fully saturated rings. The van der Waals surface area contributed by atoms with Crippen molar-refractivity contribution < 1.29 is 37.1 Å². The van der Waals surface area contributed by atoms with Crippen molar-refractivity contribution in [3.63, 3.8) is 0 Å². The maximum atomic E-state index is 15.7. The molecule has 4 saturated carbocycles. The van der Waals surface area contributed by atoms with Gasteiger partial charge in [-0.25, -0.2) is 4.72 Å². The number of likely N-dealkylation sites (tertiary alicyclic amines) is 2. The molecule has 4 N–H and O–H groups in total. The molecule has 0 radical (unpaired) electrons. The summed E-state index contributed by atoms with van der Waals surface area (Å²) in [6, 6.07) is -3.12. The average molecular weight is 886 g/mol. The van der Waals surface area contributed by atoms with Crippen molar-refractivity contribution in [3.8, 4) is 0 Å². The maximum absolute atomic E-state index is 15.7. The summed E-state index contributed by atoms with van der Waals surface area (Å²) in [7, 11) is -4.18. The summed E-state index contributed by atoms with van der Waals surface area (Å²) in [5, 5.41) is 9.46. The van der Waals surface area contributed by atoms with Crippen molar-refractivity contribution in [1.82, 2.24) is 34.8 Å². The van der Waals surface area contributed by atoms with Gasteiger partial charge < -0.3 is 25.6 Å². The summed E-state index contributed by atoms with van der Waals surface area (Å²) in [5.74, 6) is -2.80. The highest BCUT2D eigenvalue weighted by Gasteiger charge is 2.85. The number of fused-ring (bicyclic) bond motifs is 1. The molecule has 0 aromatic rings. The first-order valence-electron chi connectivity index (χ1n) is 23.9. The number of hydrogen-bond donors (Lipinski definition) is 4. The molecular formula is C46H75N7O8S. The first-order valence-corrected chi connectivity index (χ1v) is 25.4. The molecule has 348 valence electrons. The van der Waals surface area contributed by atoms with E-state index in [2.05, 4.69) is 52.9 Å². The Labute approximate surface area is 370 Å². The third-order valence-electron chi connectivity index (χ3n) is 17.6. The van der Waals surface area contributed by atoms with Gasteiger partial charge >= 0.3 is 10.2 Å². The van der Waals surface area contributed by atoms with E-state index in [1.807, 2.05) is 6.92 Å². The fourth-order valence-corrected chi connectivity index (χ4v) is 14.3. The molecule has 16 heteroatoms. The number of carbonyl (C=O) groups is 5. The van der Waals surface area contributed by atoms with Crippen LogP contribution >= 0.6 is 0 Å². The summed E-state index contributed by atoms with van der Waals surface area (Å²) >= 11 is 0. The molecule has 3 aliphatic heterocycles. The zero-order valence-electron chi connectivity index (χ0n) is 38.3. The van der Waals surface area contributed by atoms with Crippen molar-refractivity contribution in [1.29, 1.82) is 0 Å². The van der Waals surface area contributed by atoms with Crippen molar-refractivity contribution in [3.05, 3.63) is 12.7 Å². The van der Waals surface area contributed by atoms with Crippen LogP contribution in [0, 0.1) is 33.5 Å². The Bertz CT molecular complexity index is 1860. The van der Waals surface area contributed by atoms with Gasteiger partial charge in [-0.05, 0) is 94.0 Å². The van der Waals surface area contributed by atoms with E-state index in [0.717, 1.165) is 88.0 Å². The highest BCUT2D eigenvalue weighted by Crippen LogP contribution is 2.88. The SMILES string of the molecule is C=C[C@@H]1C[C@]1(NC(=O)[C@@H]1C[C@@]2(CN1C(=O)[C@@H](NC(=O)[C@@H](NC(=O)[C@@H]1CCCCN1CC)C1CCCCC1)C1(C)CCOCC1)C(C)(C)C21CCC1)C(=O)NS(=O)(=O)N(CC)CC. The van der Waals surface area contributed by atoms with E-state index < -0.39 is 57.0 Å². The van der Waals surface area contributed by atoms with Gasteiger partial charge in [-0.2, -0.15) is 12.7 Å². The van der Waals surface area contributed by atoms with Crippen molar-refractivity contribution in [2.24, 2.45) is 33.5 Å². The van der Waals surface area contributed by atoms with E-state index in [-0.39, 0.29) is 65.4 Å². The Morgan fingerprint density at radius 2 is 1.48 bits per heavy atom. The average Bonchev–Trinajstić information content (AvgIpc) is 3.97. The quantitative estimate of drug-likeness (QED) is 0.168. The lowest BCUT2D eigenvalue weighted by Crippen LogP contribution is -2.64. The smallest absolute Gasteiger partial charge is 0.303 e. The van der Waals surface area contributed by atoms with Gasteiger partial charge in [0.15, 0.2) is 0 Å². The van der Waals surface area contributed by atoms with Crippen LogP contribution in [0.5, 0.6) is 0 Å². The normalized spacial score (nSPS) is 32.3. The summed E-state index contributed by atoms with van der Waals surface area (Å²) < 4.78 is 35.6. The minimum absolute atomic E-state index is 0.0348. The van der Waals surface area contributed by atoms with E-state index in [9.17, 15) is 27.6 Å². The largest absolute Gasteiger partial charge is 0.381 e. The molecule has 62 heavy (non-hydrogen) atoms. The topological polar surface area (TPSA) is 187 Å². The Morgan fingerprint density at radius 3 is 2.05 bits per heavy atom. The Hall–Kier alpha value is -3.08. The van der Waals surface area contributed by atoms with Crippen LogP contribution in [0.4, 0.5) is 0 Å². The predicted octanol–water partition coefficient (Wildman–Crippen LogP) is 3.79. The standard InChI is InChI=1S/C46H75N7O8S/c1-8-32-28-46(32,41(58)50-62(59,60)52(10-3)11-4)49-38(55)34-29-45(42(5,6)44(45)21-17-22-44)30-53(34)40(57)36(43(7)23-26-61-27-24-43)48-39(56)35(31-18-13-12-14-19-31)47-37(54)33-20-15-16-25-51(33)9-2/h8,31-36H,1,9-30H2,2-7H3,(H,47,54)(H,48,56)(H,49,55)(H,50,58)/t32-,33+,34+,35+,36-,45-,46-/m1/s1. The van der Waals surface area contributed by atoms with E-state index in [4.69, 9.17) is 4.74 Å². The molecule has 15 nitrogen and oxygen atoms in total. The number of rotatable bonds is 16. The molecule has 0 aromatic heterocycles. The number of amides is 5. The predicted molar refractivity (Wildman–Crippen MR) is 235 cm³/mol. The second kappa shape index (κ2) is 17.7. The minimum Gasteiger partial charge on any atom is -0.381 e. The number of hydrogen-bond acceptors (Lipinski definition) is 9. The molecular weight excluding hydrogens is 811 g/mol. The zero-order valence-corrected chi connectivity index (χ0v) is 39.1. The number of ether oxygens (including phenoxy) is 1. The summed E-state index contributed by atoms with van der Waals surface area (Å²) in [6.45, 7) is 18.8. The van der Waals surface area contributed by atoms with Crippen LogP contribution in [0.1, 0.15) is 138 Å². The minimum atomic E-state index is -4.18. The summed E-state index contributed by atoms with van der Waals surface area (Å²) in [5.41, 5.74) is -2.82. The molecule has 7 aliphatic rings. The highest BCUT2D eigenvalue weighted by molar-refractivity contribution is 7.87. The monoisotopic (exact) mass is 886 g/mol. The van der Waals surface area contributed by atoms with Crippen molar-refractivity contribution >= 4 is 39.7 Å². The molecule has 0 bridgehead atoms. The lowest BCUT2D eigenvalue weighted by Gasteiger charge is -2.43. The molecule has 2 spiro atoms. The number of nitrogens with zero attached hydrogens (tertiary/aromatic N) is 3. The van der Waals surface area contributed by atoms with Gasteiger partial charge in [0.2, 0.25) is 23.6 Å². The number of carbonyl (C=O) groups excluding carboxylic acids is 5. The Morgan fingerprint density at radius 1 is 0.823 bits per heavy atom. The second-order valence-corrected chi connectivity index (χ2v) is 22.3. The Balaban J connectivity index is 1.20. The first kappa shape index (κ1) is 46.9. The maximum Gasteiger partial charge on any atom is 0.303 e. The number of nitrogens with one attached hydrogen (secondary N) is 4. The van der Waals surface area contributed by atoms with Crippen molar-refractivity contribution in [2.75, 3.05) is 45.9 Å². The fourth-order valence-electron chi connectivity index (χ4n) is 13.1.